The molecule has 0 aliphatic heterocycles. The van der Waals surface area contributed by atoms with E-state index in [0.717, 1.165) is 10.7 Å². The Balaban J connectivity index is 2.12. The zero-order chi connectivity index (χ0) is 15.2. The van der Waals surface area contributed by atoms with Gasteiger partial charge >= 0.3 is 0 Å². The van der Waals surface area contributed by atoms with Gasteiger partial charge in [0.05, 0.1) is 6.54 Å². The third-order valence-electron chi connectivity index (χ3n) is 2.89. The summed E-state index contributed by atoms with van der Waals surface area (Å²) in [6.07, 6.45) is 0. The Morgan fingerprint density at radius 1 is 1.48 bits per heavy atom. The van der Waals surface area contributed by atoms with Crippen LogP contribution in [0.5, 0.6) is 0 Å². The summed E-state index contributed by atoms with van der Waals surface area (Å²) >= 11 is 1.48. The highest BCUT2D eigenvalue weighted by Crippen LogP contribution is 2.16. The number of nitrogens with two attached hydrogens (primary N) is 1. The smallest absolute Gasteiger partial charge is 0.235 e. The number of aromatic nitrogens is 1. The molecule has 1 aromatic heterocycles. The molecule has 1 unspecified atom stereocenters. The molecule has 2 rings (SSSR count). The van der Waals surface area contributed by atoms with Crippen molar-refractivity contribution in [2.24, 2.45) is 10.9 Å². The van der Waals surface area contributed by atoms with Crippen molar-refractivity contribution in [3.05, 3.63) is 52.0 Å². The molecular weight excluding hydrogens is 288 g/mol. The van der Waals surface area contributed by atoms with E-state index in [0.29, 0.717) is 12.1 Å². The largest absolute Gasteiger partial charge is 0.409 e. The highest BCUT2D eigenvalue weighted by molar-refractivity contribution is 7.09. The van der Waals surface area contributed by atoms with Gasteiger partial charge in [0.2, 0.25) is 5.91 Å². The van der Waals surface area contributed by atoms with E-state index in [4.69, 9.17) is 10.9 Å². The Hall–Kier alpha value is -2.41. The van der Waals surface area contributed by atoms with Crippen molar-refractivity contribution in [3.63, 3.8) is 0 Å². The Kier molecular flexibility index (Phi) is 4.89. The van der Waals surface area contributed by atoms with Crippen LogP contribution in [0.2, 0.25) is 0 Å². The lowest BCUT2D eigenvalue weighted by Gasteiger charge is -2.15. The number of carbonyl (C=O) groups excluding carboxylic acids is 1. The lowest BCUT2D eigenvalue weighted by Crippen LogP contribution is -2.37. The van der Waals surface area contributed by atoms with E-state index >= 15 is 0 Å². The van der Waals surface area contributed by atoms with Gasteiger partial charge in [0.15, 0.2) is 5.84 Å². The van der Waals surface area contributed by atoms with Crippen LogP contribution in [0.1, 0.15) is 22.2 Å². The number of nitrogens with zero attached hydrogens (tertiary/aromatic N) is 2. The molecule has 0 aliphatic rings. The number of nitrogens with one attached hydrogen (secondary N) is 1. The molecule has 0 aliphatic carbocycles. The van der Waals surface area contributed by atoms with Crippen LogP contribution < -0.4 is 11.1 Å². The number of carbonyl (C=O) groups is 1. The van der Waals surface area contributed by atoms with Gasteiger partial charge in [-0.2, -0.15) is 0 Å². The number of aryl methyl sites for hydroxylation is 1. The Bertz CT molecular complexity index is 639. The maximum absolute atomic E-state index is 12.3. The maximum Gasteiger partial charge on any atom is 0.235 e. The van der Waals surface area contributed by atoms with Crippen LogP contribution in [-0.4, -0.2) is 21.9 Å². The predicted molar refractivity (Wildman–Crippen MR) is 81.3 cm³/mol. The fourth-order valence-electron chi connectivity index (χ4n) is 1.91. The van der Waals surface area contributed by atoms with Gasteiger partial charge in [-0.05, 0) is 12.5 Å². The molecule has 1 amide bonds. The Labute approximate surface area is 126 Å². The standard InChI is InChI=1S/C14H16N4O2S/c1-9-8-21-11(17-9)7-16-14(19)12(13(15)18-20)10-5-3-2-4-6-10/h2-6,8,12,20H,7H2,1H3,(H2,15,18)(H,16,19). The van der Waals surface area contributed by atoms with Gasteiger partial charge in [-0.15, -0.1) is 11.3 Å². The number of thiazole rings is 1. The van der Waals surface area contributed by atoms with Gasteiger partial charge in [-0.1, -0.05) is 35.5 Å². The minimum atomic E-state index is -0.822. The highest BCUT2D eigenvalue weighted by atomic mass is 32.1. The molecule has 1 heterocycles. The van der Waals surface area contributed by atoms with Crippen molar-refractivity contribution in [1.29, 1.82) is 0 Å². The molecule has 0 bridgehead atoms. The molecule has 6 nitrogen and oxygen atoms in total. The molecule has 0 radical (unpaired) electrons. The van der Waals surface area contributed by atoms with E-state index < -0.39 is 5.92 Å². The van der Waals surface area contributed by atoms with E-state index in [9.17, 15) is 4.79 Å². The average molecular weight is 304 g/mol. The molecule has 0 saturated carbocycles. The minimum absolute atomic E-state index is 0.144. The van der Waals surface area contributed by atoms with Gasteiger partial charge in [0.25, 0.3) is 0 Å². The van der Waals surface area contributed by atoms with E-state index in [1.807, 2.05) is 18.4 Å². The number of rotatable bonds is 5. The summed E-state index contributed by atoms with van der Waals surface area (Å²) in [4.78, 5) is 16.6. The molecule has 1 aromatic carbocycles. The normalized spacial score (nSPS) is 12.9. The van der Waals surface area contributed by atoms with Crippen LogP contribution >= 0.6 is 11.3 Å². The Morgan fingerprint density at radius 2 is 2.19 bits per heavy atom. The first kappa shape index (κ1) is 15.0. The number of amides is 1. The number of hydrogen-bond donors (Lipinski definition) is 3. The fourth-order valence-corrected chi connectivity index (χ4v) is 2.62. The van der Waals surface area contributed by atoms with Gasteiger partial charge < -0.3 is 16.3 Å². The SMILES string of the molecule is Cc1csc(CNC(=O)C(C(N)=NO)c2ccccc2)n1. The molecule has 1 atom stereocenters. The molecule has 2 aromatic rings. The number of hydrogen-bond acceptors (Lipinski definition) is 5. The summed E-state index contributed by atoms with van der Waals surface area (Å²) in [5, 5.41) is 17.3. The van der Waals surface area contributed by atoms with Crippen molar-refractivity contribution < 1.29 is 10.0 Å². The predicted octanol–water partition coefficient (Wildman–Crippen LogP) is 1.60. The molecule has 0 spiro atoms. The third kappa shape index (κ3) is 3.79. The molecule has 110 valence electrons. The fraction of sp³-hybridized carbons (Fsp3) is 0.214. The van der Waals surface area contributed by atoms with Crippen LogP contribution in [0.3, 0.4) is 0 Å². The van der Waals surface area contributed by atoms with Gasteiger partial charge in [-0.25, -0.2) is 4.98 Å². The third-order valence-corrected chi connectivity index (χ3v) is 3.85. The highest BCUT2D eigenvalue weighted by Gasteiger charge is 2.25. The minimum Gasteiger partial charge on any atom is -0.409 e. The second-order valence-corrected chi connectivity index (χ2v) is 5.41. The summed E-state index contributed by atoms with van der Waals surface area (Å²) in [6, 6.07) is 8.95. The van der Waals surface area contributed by atoms with Crippen LogP contribution in [-0.2, 0) is 11.3 Å². The summed E-state index contributed by atoms with van der Waals surface area (Å²) in [5.74, 6) is -1.30. The van der Waals surface area contributed by atoms with Crippen molar-refractivity contribution in [1.82, 2.24) is 10.3 Å². The molecule has 21 heavy (non-hydrogen) atoms. The number of amidine groups is 1. The summed E-state index contributed by atoms with van der Waals surface area (Å²) in [6.45, 7) is 2.21. The molecule has 0 saturated heterocycles. The van der Waals surface area contributed by atoms with Gasteiger partial charge in [0.1, 0.15) is 10.9 Å². The zero-order valence-corrected chi connectivity index (χ0v) is 12.3. The van der Waals surface area contributed by atoms with Crippen LogP contribution in [0.25, 0.3) is 0 Å². The van der Waals surface area contributed by atoms with Crippen molar-refractivity contribution in [2.45, 2.75) is 19.4 Å². The molecule has 4 N–H and O–H groups in total. The average Bonchev–Trinajstić information content (AvgIpc) is 2.92. The summed E-state index contributed by atoms with van der Waals surface area (Å²) in [5.41, 5.74) is 7.23. The van der Waals surface area contributed by atoms with Gasteiger partial charge in [0, 0.05) is 11.1 Å². The van der Waals surface area contributed by atoms with E-state index in [1.165, 1.54) is 11.3 Å². The molecule has 0 fully saturated rings. The topological polar surface area (TPSA) is 101 Å². The summed E-state index contributed by atoms with van der Waals surface area (Å²) < 4.78 is 0. The van der Waals surface area contributed by atoms with Crippen LogP contribution in [0.15, 0.2) is 40.9 Å². The number of benzene rings is 1. The lowest BCUT2D eigenvalue weighted by atomic mass is 9.97. The first-order valence-corrected chi connectivity index (χ1v) is 7.21. The van der Waals surface area contributed by atoms with E-state index in [-0.39, 0.29) is 11.7 Å². The van der Waals surface area contributed by atoms with Crippen molar-refractivity contribution >= 4 is 23.1 Å². The Morgan fingerprint density at radius 3 is 2.76 bits per heavy atom. The first-order valence-electron chi connectivity index (χ1n) is 6.33. The van der Waals surface area contributed by atoms with E-state index in [1.54, 1.807) is 24.3 Å². The van der Waals surface area contributed by atoms with Crippen molar-refractivity contribution in [3.8, 4) is 0 Å². The quantitative estimate of drug-likeness (QED) is 0.338. The van der Waals surface area contributed by atoms with Gasteiger partial charge in [-0.3, -0.25) is 4.79 Å². The second kappa shape index (κ2) is 6.85. The maximum atomic E-state index is 12.3. The molecule has 7 heteroatoms. The zero-order valence-electron chi connectivity index (χ0n) is 11.5. The van der Waals surface area contributed by atoms with Crippen molar-refractivity contribution in [2.75, 3.05) is 0 Å². The monoisotopic (exact) mass is 304 g/mol. The first-order chi connectivity index (χ1) is 10.1. The van der Waals surface area contributed by atoms with Crippen LogP contribution in [0, 0.1) is 6.92 Å². The summed E-state index contributed by atoms with van der Waals surface area (Å²) in [7, 11) is 0. The second-order valence-electron chi connectivity index (χ2n) is 4.47. The van der Waals surface area contributed by atoms with E-state index in [2.05, 4.69) is 15.5 Å². The lowest BCUT2D eigenvalue weighted by molar-refractivity contribution is -0.121. The van der Waals surface area contributed by atoms with Crippen LogP contribution in [0.4, 0.5) is 0 Å². The molecular formula is C14H16N4O2S. The number of oxime groups is 1.